The van der Waals surface area contributed by atoms with Crippen molar-refractivity contribution in [3.63, 3.8) is 0 Å². The molecule has 0 aliphatic rings. The minimum Gasteiger partial charge on any atom is -0.466 e. The van der Waals surface area contributed by atoms with E-state index in [1.165, 1.54) is 24.3 Å². The Morgan fingerprint density at radius 3 is 2.00 bits per heavy atom. The molecule has 0 saturated carbocycles. The Balaban J connectivity index is 2.40. The van der Waals surface area contributed by atoms with E-state index in [2.05, 4.69) is 0 Å². The Morgan fingerprint density at radius 2 is 1.45 bits per heavy atom. The summed E-state index contributed by atoms with van der Waals surface area (Å²) in [6.45, 7) is 1.98. The van der Waals surface area contributed by atoms with Crippen LogP contribution >= 0.6 is 0 Å². The summed E-state index contributed by atoms with van der Waals surface area (Å²) in [6.07, 6.45) is 0.258. The summed E-state index contributed by atoms with van der Waals surface area (Å²) in [5.74, 6) is -1.33. The Bertz CT molecular complexity index is 562. The fraction of sp³-hybridized carbons (Fsp3) is 0.375. The van der Waals surface area contributed by atoms with Crippen molar-refractivity contribution in [2.75, 3.05) is 6.61 Å². The van der Waals surface area contributed by atoms with Gasteiger partial charge in [-0.05, 0) is 19.1 Å². The number of ketones is 2. The summed E-state index contributed by atoms with van der Waals surface area (Å²) < 4.78 is 4.72. The lowest BCUT2D eigenvalue weighted by molar-refractivity contribution is -0.144. The van der Waals surface area contributed by atoms with Crippen LogP contribution in [-0.2, 0) is 14.3 Å². The first-order valence-corrected chi connectivity index (χ1v) is 7.04. The van der Waals surface area contributed by atoms with Gasteiger partial charge in [0.15, 0.2) is 5.78 Å². The number of rotatable bonds is 9. The van der Waals surface area contributed by atoms with E-state index in [0.29, 0.717) is 11.1 Å². The fourth-order valence-electron chi connectivity index (χ4n) is 1.82. The molecule has 0 aromatic heterocycles. The Labute approximate surface area is 128 Å². The Hall–Kier alpha value is -2.50. The molecule has 0 atom stereocenters. The number of hydrogen-bond acceptors (Lipinski definition) is 5. The summed E-state index contributed by atoms with van der Waals surface area (Å²) in [6, 6.07) is 5.95. The zero-order valence-electron chi connectivity index (χ0n) is 12.5. The summed E-state index contributed by atoms with van der Waals surface area (Å²) in [5.41, 5.74) is 5.85. The number of nitrogens with two attached hydrogens (primary N) is 1. The van der Waals surface area contributed by atoms with Crippen molar-refractivity contribution in [2.45, 2.75) is 32.6 Å². The summed E-state index contributed by atoms with van der Waals surface area (Å²) in [4.78, 5) is 45.6. The first-order chi connectivity index (χ1) is 10.4. The standard InChI is InChI=1S/C16H19NO5/c1-2-22-15(20)10-8-13(18)7-9-14(19)11-3-5-12(6-4-11)16(17)21/h3-6H,2,7-10H2,1H3,(H2,17,21). The van der Waals surface area contributed by atoms with E-state index < -0.39 is 11.9 Å². The van der Waals surface area contributed by atoms with Crippen LogP contribution in [0.25, 0.3) is 0 Å². The molecule has 0 radical (unpaired) electrons. The van der Waals surface area contributed by atoms with Crippen LogP contribution in [0.15, 0.2) is 24.3 Å². The molecule has 0 heterocycles. The molecule has 1 rings (SSSR count). The van der Waals surface area contributed by atoms with Crippen LogP contribution in [0.3, 0.4) is 0 Å². The smallest absolute Gasteiger partial charge is 0.306 e. The normalized spacial score (nSPS) is 10.0. The molecule has 1 amide bonds. The van der Waals surface area contributed by atoms with E-state index in [0.717, 1.165) is 0 Å². The average Bonchev–Trinajstić information content (AvgIpc) is 2.51. The van der Waals surface area contributed by atoms with Crippen LogP contribution in [0.1, 0.15) is 53.3 Å². The van der Waals surface area contributed by atoms with Crippen LogP contribution in [0, 0.1) is 0 Å². The predicted octanol–water partition coefficient (Wildman–Crippen LogP) is 1.66. The molecule has 0 unspecified atom stereocenters. The molecule has 0 aliphatic heterocycles. The number of benzene rings is 1. The van der Waals surface area contributed by atoms with Crippen LogP contribution in [0.4, 0.5) is 0 Å². The summed E-state index contributed by atoms with van der Waals surface area (Å²) in [7, 11) is 0. The van der Waals surface area contributed by atoms with Gasteiger partial charge in [0.1, 0.15) is 5.78 Å². The number of primary amides is 1. The van der Waals surface area contributed by atoms with Crippen LogP contribution in [0.5, 0.6) is 0 Å². The first-order valence-electron chi connectivity index (χ1n) is 7.04. The second kappa shape index (κ2) is 8.71. The minimum absolute atomic E-state index is 0.0359. The highest BCUT2D eigenvalue weighted by Gasteiger charge is 2.12. The van der Waals surface area contributed by atoms with E-state index in [1.807, 2.05) is 0 Å². The number of Topliss-reactive ketones (excluding diaryl/α,β-unsaturated/α-hetero) is 2. The van der Waals surface area contributed by atoms with Gasteiger partial charge < -0.3 is 10.5 Å². The van der Waals surface area contributed by atoms with Gasteiger partial charge in [-0.3, -0.25) is 19.2 Å². The molecular formula is C16H19NO5. The molecule has 6 nitrogen and oxygen atoms in total. The van der Waals surface area contributed by atoms with Gasteiger partial charge in [-0.2, -0.15) is 0 Å². The van der Waals surface area contributed by atoms with Crippen molar-refractivity contribution in [1.82, 2.24) is 0 Å². The minimum atomic E-state index is -0.562. The lowest BCUT2D eigenvalue weighted by Gasteiger charge is -2.03. The topological polar surface area (TPSA) is 104 Å². The van der Waals surface area contributed by atoms with E-state index in [1.54, 1.807) is 6.92 Å². The number of ether oxygens (including phenoxy) is 1. The van der Waals surface area contributed by atoms with Crippen molar-refractivity contribution in [3.8, 4) is 0 Å². The third-order valence-corrected chi connectivity index (χ3v) is 3.04. The summed E-state index contributed by atoms with van der Waals surface area (Å²) in [5, 5.41) is 0. The second-order valence-electron chi connectivity index (χ2n) is 4.71. The number of carbonyl (C=O) groups is 4. The molecular weight excluding hydrogens is 286 g/mol. The third kappa shape index (κ3) is 5.87. The van der Waals surface area contributed by atoms with Gasteiger partial charge in [0.05, 0.1) is 13.0 Å². The zero-order chi connectivity index (χ0) is 16.5. The summed E-state index contributed by atoms with van der Waals surface area (Å²) >= 11 is 0. The van der Waals surface area contributed by atoms with E-state index in [9.17, 15) is 19.2 Å². The van der Waals surface area contributed by atoms with Crippen molar-refractivity contribution < 1.29 is 23.9 Å². The maximum atomic E-state index is 11.9. The zero-order valence-corrected chi connectivity index (χ0v) is 12.5. The predicted molar refractivity (Wildman–Crippen MR) is 79.4 cm³/mol. The van der Waals surface area contributed by atoms with Crippen LogP contribution in [0.2, 0.25) is 0 Å². The van der Waals surface area contributed by atoms with Crippen LogP contribution in [-0.4, -0.2) is 30.0 Å². The highest BCUT2D eigenvalue weighted by atomic mass is 16.5. The van der Waals surface area contributed by atoms with E-state index in [4.69, 9.17) is 10.5 Å². The maximum Gasteiger partial charge on any atom is 0.306 e. The molecule has 22 heavy (non-hydrogen) atoms. The van der Waals surface area contributed by atoms with Crippen molar-refractivity contribution >= 4 is 23.4 Å². The highest BCUT2D eigenvalue weighted by molar-refractivity contribution is 5.99. The number of amides is 1. The van der Waals surface area contributed by atoms with E-state index in [-0.39, 0.29) is 43.9 Å². The molecule has 0 bridgehead atoms. The lowest BCUT2D eigenvalue weighted by atomic mass is 10.0. The number of esters is 1. The molecule has 118 valence electrons. The molecule has 1 aromatic rings. The highest BCUT2D eigenvalue weighted by Crippen LogP contribution is 2.09. The van der Waals surface area contributed by atoms with Gasteiger partial charge in [0.25, 0.3) is 0 Å². The van der Waals surface area contributed by atoms with E-state index >= 15 is 0 Å². The molecule has 0 fully saturated rings. The van der Waals surface area contributed by atoms with Crippen molar-refractivity contribution in [1.29, 1.82) is 0 Å². The van der Waals surface area contributed by atoms with Crippen molar-refractivity contribution in [3.05, 3.63) is 35.4 Å². The molecule has 1 aromatic carbocycles. The van der Waals surface area contributed by atoms with Gasteiger partial charge in [-0.1, -0.05) is 12.1 Å². The molecule has 0 spiro atoms. The quantitative estimate of drug-likeness (QED) is 0.552. The maximum absolute atomic E-state index is 11.9. The number of carbonyl (C=O) groups excluding carboxylic acids is 4. The van der Waals surface area contributed by atoms with Crippen LogP contribution < -0.4 is 5.73 Å². The molecule has 0 saturated heterocycles. The SMILES string of the molecule is CCOC(=O)CCC(=O)CCC(=O)c1ccc(C(N)=O)cc1. The fourth-order valence-corrected chi connectivity index (χ4v) is 1.82. The third-order valence-electron chi connectivity index (χ3n) is 3.04. The van der Waals surface area contributed by atoms with Gasteiger partial charge in [0, 0.05) is 30.4 Å². The second-order valence-corrected chi connectivity index (χ2v) is 4.71. The molecule has 0 aliphatic carbocycles. The van der Waals surface area contributed by atoms with Gasteiger partial charge >= 0.3 is 5.97 Å². The Kier molecular flexibility index (Phi) is 6.95. The lowest BCUT2D eigenvalue weighted by Crippen LogP contribution is -2.11. The largest absolute Gasteiger partial charge is 0.466 e. The van der Waals surface area contributed by atoms with Gasteiger partial charge in [-0.25, -0.2) is 0 Å². The first kappa shape index (κ1) is 17.6. The molecule has 2 N–H and O–H groups in total. The molecule has 6 heteroatoms. The Morgan fingerprint density at radius 1 is 0.909 bits per heavy atom. The number of hydrogen-bond donors (Lipinski definition) is 1. The van der Waals surface area contributed by atoms with Gasteiger partial charge in [-0.15, -0.1) is 0 Å². The van der Waals surface area contributed by atoms with Crippen molar-refractivity contribution in [2.24, 2.45) is 5.73 Å². The van der Waals surface area contributed by atoms with Gasteiger partial charge in [0.2, 0.25) is 5.91 Å². The monoisotopic (exact) mass is 305 g/mol. The average molecular weight is 305 g/mol.